The summed E-state index contributed by atoms with van der Waals surface area (Å²) >= 11 is 0. The van der Waals surface area contributed by atoms with Crippen molar-refractivity contribution < 1.29 is 18.5 Å². The Morgan fingerprint density at radius 3 is 2.35 bits per heavy atom. The molecule has 1 fully saturated rings. The third-order valence-electron chi connectivity index (χ3n) is 6.26. The van der Waals surface area contributed by atoms with Gasteiger partial charge in [0.15, 0.2) is 5.82 Å². The van der Waals surface area contributed by atoms with Gasteiger partial charge < -0.3 is 15.2 Å². The molecule has 1 aromatic carbocycles. The Kier molecular flexibility index (Phi) is 8.44. The van der Waals surface area contributed by atoms with Gasteiger partial charge in [-0.25, -0.2) is 4.39 Å². The molecule has 0 radical (unpaired) electrons. The van der Waals surface area contributed by atoms with Crippen molar-refractivity contribution in [3.63, 3.8) is 0 Å². The Bertz CT molecular complexity index is 957. The van der Waals surface area contributed by atoms with Gasteiger partial charge in [0.25, 0.3) is 0 Å². The fraction of sp³-hybridized carbons (Fsp3) is 0.615. The Balaban J connectivity index is 1.65. The molecule has 1 aliphatic rings. The molecule has 2 amide bonds. The number of nitrogens with one attached hydrogen (secondary N) is 2. The van der Waals surface area contributed by atoms with E-state index in [2.05, 4.69) is 41.5 Å². The van der Waals surface area contributed by atoms with Crippen LogP contribution in [0.5, 0.6) is 0 Å². The summed E-state index contributed by atoms with van der Waals surface area (Å²) in [4.78, 5) is 29.2. The highest BCUT2D eigenvalue weighted by Crippen LogP contribution is 2.35. The van der Waals surface area contributed by atoms with Crippen molar-refractivity contribution >= 4 is 11.8 Å². The summed E-state index contributed by atoms with van der Waals surface area (Å²) < 4.78 is 18.8. The first-order valence-corrected chi connectivity index (χ1v) is 12.2. The first-order valence-electron chi connectivity index (χ1n) is 12.2. The third kappa shape index (κ3) is 7.37. The third-order valence-corrected chi connectivity index (χ3v) is 6.26. The van der Waals surface area contributed by atoms with Crippen molar-refractivity contribution in [1.29, 1.82) is 0 Å². The molecule has 1 heterocycles. The van der Waals surface area contributed by atoms with Gasteiger partial charge in [-0.15, -0.1) is 0 Å². The van der Waals surface area contributed by atoms with Gasteiger partial charge in [0.1, 0.15) is 11.4 Å². The number of aromatic nitrogens is 2. The maximum atomic E-state index is 13.4. The molecule has 1 saturated carbocycles. The fourth-order valence-corrected chi connectivity index (χ4v) is 4.67. The van der Waals surface area contributed by atoms with Crippen molar-refractivity contribution in [1.82, 2.24) is 20.8 Å². The molecule has 8 heteroatoms. The molecule has 2 N–H and O–H groups in total. The quantitative estimate of drug-likeness (QED) is 0.520. The highest BCUT2D eigenvalue weighted by molar-refractivity contribution is 5.76. The number of rotatable bonds is 8. The largest absolute Gasteiger partial charge is 0.349 e. The highest BCUT2D eigenvalue weighted by atomic mass is 19.1. The van der Waals surface area contributed by atoms with E-state index < -0.39 is 5.54 Å². The molecule has 3 rings (SSSR count). The van der Waals surface area contributed by atoms with Gasteiger partial charge in [-0.1, -0.05) is 63.7 Å². The number of carbonyl (C=O) groups is 2. The molecule has 0 saturated heterocycles. The number of aryl methyl sites for hydroxylation is 1. The first kappa shape index (κ1) is 25.8. The Labute approximate surface area is 201 Å². The number of halogens is 1. The average molecular weight is 473 g/mol. The van der Waals surface area contributed by atoms with Crippen LogP contribution in [0.2, 0.25) is 0 Å². The van der Waals surface area contributed by atoms with Gasteiger partial charge >= 0.3 is 0 Å². The predicted molar refractivity (Wildman–Crippen MR) is 127 cm³/mol. The molecule has 34 heavy (non-hydrogen) atoms. The van der Waals surface area contributed by atoms with Crippen LogP contribution in [0.4, 0.5) is 4.39 Å². The van der Waals surface area contributed by atoms with Gasteiger partial charge in [0.05, 0.1) is 6.04 Å². The predicted octanol–water partition coefficient (Wildman–Crippen LogP) is 5.12. The lowest BCUT2D eigenvalue weighted by atomic mass is 9.85. The van der Waals surface area contributed by atoms with Crippen LogP contribution in [0.1, 0.15) is 102 Å². The van der Waals surface area contributed by atoms with Gasteiger partial charge in [-0.2, -0.15) is 4.98 Å². The number of hydrogen-bond acceptors (Lipinski definition) is 5. The second-order valence-corrected chi connectivity index (χ2v) is 10.6. The minimum atomic E-state index is -0.604. The molecule has 1 atom stereocenters. The van der Waals surface area contributed by atoms with Crippen LogP contribution in [0.15, 0.2) is 28.8 Å². The second kappa shape index (κ2) is 11.1. The molecule has 186 valence electrons. The van der Waals surface area contributed by atoms with E-state index in [1.807, 2.05) is 0 Å². The molecular formula is C26H37FN4O3. The van der Waals surface area contributed by atoms with Gasteiger partial charge in [0, 0.05) is 19.8 Å². The fourth-order valence-electron chi connectivity index (χ4n) is 4.67. The Morgan fingerprint density at radius 2 is 1.76 bits per heavy atom. The van der Waals surface area contributed by atoms with Gasteiger partial charge in [-0.3, -0.25) is 9.59 Å². The van der Waals surface area contributed by atoms with E-state index in [0.29, 0.717) is 24.6 Å². The molecule has 0 bridgehead atoms. The number of hydrogen-bond donors (Lipinski definition) is 2. The number of carbonyl (C=O) groups excluding carboxylic acids is 2. The Hall–Kier alpha value is -2.77. The van der Waals surface area contributed by atoms with Crippen LogP contribution < -0.4 is 10.6 Å². The molecule has 1 unspecified atom stereocenters. The monoisotopic (exact) mass is 472 g/mol. The zero-order chi connectivity index (χ0) is 24.8. The van der Waals surface area contributed by atoms with Crippen LogP contribution in [0, 0.1) is 11.2 Å². The lowest BCUT2D eigenvalue weighted by Crippen LogP contribution is -2.45. The van der Waals surface area contributed by atoms with E-state index in [0.717, 1.165) is 44.1 Å². The maximum Gasteiger partial charge on any atom is 0.227 e. The summed E-state index contributed by atoms with van der Waals surface area (Å²) in [7, 11) is 0. The van der Waals surface area contributed by atoms with E-state index >= 15 is 0 Å². The average Bonchev–Trinajstić information content (AvgIpc) is 3.11. The van der Waals surface area contributed by atoms with Crippen LogP contribution >= 0.6 is 0 Å². The molecular weight excluding hydrogens is 435 g/mol. The van der Waals surface area contributed by atoms with Gasteiger partial charge in [-0.05, 0) is 42.4 Å². The van der Waals surface area contributed by atoms with Gasteiger partial charge in [0.2, 0.25) is 17.7 Å². The van der Waals surface area contributed by atoms with Crippen LogP contribution in [-0.2, 0) is 21.5 Å². The summed E-state index contributed by atoms with van der Waals surface area (Å²) in [6, 6.07) is 6.03. The highest BCUT2D eigenvalue weighted by Gasteiger charge is 2.38. The van der Waals surface area contributed by atoms with E-state index in [9.17, 15) is 14.0 Å². The molecule has 7 nitrogen and oxygen atoms in total. The first-order chi connectivity index (χ1) is 16.1. The lowest BCUT2D eigenvalue weighted by molar-refractivity contribution is -0.122. The summed E-state index contributed by atoms with van der Waals surface area (Å²) in [6.07, 6.45) is 6.99. The SMILES string of the molecule is CC(=O)NC1(c2noc(CCC(=O)NC(CC(C)(C)C)c3ccc(F)cc3)n2)CCCCCC1. The van der Waals surface area contributed by atoms with Crippen molar-refractivity contribution in [3.8, 4) is 0 Å². The van der Waals surface area contributed by atoms with Crippen LogP contribution in [0.3, 0.4) is 0 Å². The van der Waals surface area contributed by atoms with Crippen LogP contribution in [0.25, 0.3) is 0 Å². The standard InChI is InChI=1S/C26H37FN4O3/c1-18(32)30-26(15-7-5-6-8-16-26)24-29-23(34-31-24)14-13-22(33)28-21(17-25(2,3)4)19-9-11-20(27)12-10-19/h9-12,21H,5-8,13-17H2,1-4H3,(H,28,33)(H,30,32). The summed E-state index contributed by atoms with van der Waals surface area (Å²) in [6.45, 7) is 7.82. The number of benzene rings is 1. The van der Waals surface area contributed by atoms with E-state index in [-0.39, 0.29) is 35.5 Å². The van der Waals surface area contributed by atoms with Crippen LogP contribution in [-0.4, -0.2) is 22.0 Å². The zero-order valence-corrected chi connectivity index (χ0v) is 20.7. The minimum absolute atomic E-state index is 0.0234. The minimum Gasteiger partial charge on any atom is -0.349 e. The zero-order valence-electron chi connectivity index (χ0n) is 20.7. The maximum absolute atomic E-state index is 13.4. The Morgan fingerprint density at radius 1 is 1.12 bits per heavy atom. The normalized spacial score (nSPS) is 17.0. The van der Waals surface area contributed by atoms with E-state index in [1.54, 1.807) is 12.1 Å². The smallest absolute Gasteiger partial charge is 0.227 e. The van der Waals surface area contributed by atoms with E-state index in [1.165, 1.54) is 19.1 Å². The lowest BCUT2D eigenvalue weighted by Gasteiger charge is -2.30. The summed E-state index contributed by atoms with van der Waals surface area (Å²) in [5, 5.41) is 10.3. The van der Waals surface area contributed by atoms with Crippen molar-refractivity contribution in [3.05, 3.63) is 47.4 Å². The van der Waals surface area contributed by atoms with E-state index in [4.69, 9.17) is 4.52 Å². The molecule has 0 aliphatic heterocycles. The molecule has 1 aromatic heterocycles. The number of amides is 2. The number of nitrogens with zero attached hydrogens (tertiary/aromatic N) is 2. The molecule has 0 spiro atoms. The van der Waals surface area contributed by atoms with Crippen molar-refractivity contribution in [2.75, 3.05) is 0 Å². The summed E-state index contributed by atoms with van der Waals surface area (Å²) in [5.74, 6) is 0.329. The second-order valence-electron chi connectivity index (χ2n) is 10.6. The summed E-state index contributed by atoms with van der Waals surface area (Å²) in [5.41, 5.74) is 0.243. The topological polar surface area (TPSA) is 97.1 Å². The molecule has 1 aliphatic carbocycles. The van der Waals surface area contributed by atoms with Crippen molar-refractivity contribution in [2.45, 2.75) is 97.1 Å². The molecule has 2 aromatic rings. The van der Waals surface area contributed by atoms with Crippen molar-refractivity contribution in [2.24, 2.45) is 5.41 Å².